The maximum Gasteiger partial charge on any atom is 0.139 e. The van der Waals surface area contributed by atoms with Crippen LogP contribution in [0.2, 0.25) is 0 Å². The second-order valence-corrected chi connectivity index (χ2v) is 4.86. The van der Waals surface area contributed by atoms with Crippen molar-refractivity contribution in [1.29, 1.82) is 5.26 Å². The highest BCUT2D eigenvalue weighted by Gasteiger charge is 2.01. The van der Waals surface area contributed by atoms with Crippen molar-refractivity contribution in [3.05, 3.63) is 70.5 Å². The molecule has 0 aliphatic heterocycles. The van der Waals surface area contributed by atoms with Crippen LogP contribution in [0, 0.1) is 29.0 Å². The molecule has 0 aliphatic carbocycles. The zero-order valence-electron chi connectivity index (χ0n) is 12.0. The summed E-state index contributed by atoms with van der Waals surface area (Å²) in [5, 5.41) is 8.72. The lowest BCUT2D eigenvalue weighted by atomic mass is 10.1. The molecule has 21 heavy (non-hydrogen) atoms. The first-order valence-corrected chi connectivity index (χ1v) is 7.03. The molecule has 2 aromatic carbocycles. The number of unbranched alkanes of at least 4 members (excludes halogenated alkanes) is 1. The Kier molecular flexibility index (Phi) is 5.13. The minimum absolute atomic E-state index is 0.273. The van der Waals surface area contributed by atoms with Gasteiger partial charge in [-0.25, -0.2) is 4.39 Å². The molecule has 0 heterocycles. The van der Waals surface area contributed by atoms with Gasteiger partial charge in [0, 0.05) is 5.56 Å². The standard InChI is InChI=1S/C19H16FN/c1-2-3-4-16-10-12-18(19(20)13-16)11-9-15-5-7-17(14-21)8-6-15/h5-8,10,12-13H,2-4H2,1H3. The average molecular weight is 277 g/mol. The smallest absolute Gasteiger partial charge is 0.139 e. The van der Waals surface area contributed by atoms with Gasteiger partial charge >= 0.3 is 0 Å². The van der Waals surface area contributed by atoms with E-state index in [1.54, 1.807) is 36.4 Å². The lowest BCUT2D eigenvalue weighted by molar-refractivity contribution is 0.620. The predicted octanol–water partition coefficient (Wildman–Crippen LogP) is 4.44. The van der Waals surface area contributed by atoms with E-state index in [4.69, 9.17) is 5.26 Å². The lowest BCUT2D eigenvalue weighted by Gasteiger charge is -2.01. The highest BCUT2D eigenvalue weighted by atomic mass is 19.1. The van der Waals surface area contributed by atoms with Gasteiger partial charge in [-0.1, -0.05) is 31.3 Å². The van der Waals surface area contributed by atoms with Crippen molar-refractivity contribution >= 4 is 0 Å². The molecule has 0 aliphatic rings. The van der Waals surface area contributed by atoms with Gasteiger partial charge in [-0.3, -0.25) is 0 Å². The Morgan fingerprint density at radius 1 is 1.00 bits per heavy atom. The third kappa shape index (κ3) is 4.20. The number of rotatable bonds is 3. The molecule has 0 fully saturated rings. The van der Waals surface area contributed by atoms with Gasteiger partial charge in [0.25, 0.3) is 0 Å². The van der Waals surface area contributed by atoms with E-state index >= 15 is 0 Å². The van der Waals surface area contributed by atoms with Crippen molar-refractivity contribution in [1.82, 2.24) is 0 Å². The predicted molar refractivity (Wildman–Crippen MR) is 82.1 cm³/mol. The third-order valence-electron chi connectivity index (χ3n) is 3.21. The van der Waals surface area contributed by atoms with Crippen LogP contribution in [0.15, 0.2) is 42.5 Å². The van der Waals surface area contributed by atoms with E-state index in [1.807, 2.05) is 6.07 Å². The Balaban J connectivity index is 2.16. The molecule has 1 nitrogen and oxygen atoms in total. The molecule has 0 aromatic heterocycles. The summed E-state index contributed by atoms with van der Waals surface area (Å²) in [6, 6.07) is 14.2. The third-order valence-corrected chi connectivity index (χ3v) is 3.21. The van der Waals surface area contributed by atoms with E-state index in [9.17, 15) is 4.39 Å². The summed E-state index contributed by atoms with van der Waals surface area (Å²) < 4.78 is 14.0. The van der Waals surface area contributed by atoms with Gasteiger partial charge in [0.2, 0.25) is 0 Å². The van der Waals surface area contributed by atoms with Crippen LogP contribution in [0.4, 0.5) is 4.39 Å². The van der Waals surface area contributed by atoms with Crippen molar-refractivity contribution in [3.63, 3.8) is 0 Å². The van der Waals surface area contributed by atoms with Crippen LogP contribution in [-0.4, -0.2) is 0 Å². The van der Waals surface area contributed by atoms with E-state index < -0.39 is 0 Å². The first kappa shape index (κ1) is 14.8. The summed E-state index contributed by atoms with van der Waals surface area (Å²) in [6.45, 7) is 2.12. The largest absolute Gasteiger partial charge is 0.206 e. The van der Waals surface area contributed by atoms with Gasteiger partial charge in [-0.05, 0) is 54.8 Å². The van der Waals surface area contributed by atoms with Crippen LogP contribution in [0.3, 0.4) is 0 Å². The molecule has 0 atom stereocenters. The van der Waals surface area contributed by atoms with Crippen LogP contribution < -0.4 is 0 Å². The van der Waals surface area contributed by atoms with Crippen molar-refractivity contribution in [2.24, 2.45) is 0 Å². The lowest BCUT2D eigenvalue weighted by Crippen LogP contribution is -1.90. The first-order chi connectivity index (χ1) is 10.2. The summed E-state index contributed by atoms with van der Waals surface area (Å²) in [4.78, 5) is 0. The quantitative estimate of drug-likeness (QED) is 0.761. The molecule has 0 amide bonds. The highest BCUT2D eigenvalue weighted by molar-refractivity contribution is 5.45. The summed E-state index contributed by atoms with van der Waals surface area (Å²) in [5.74, 6) is 5.49. The topological polar surface area (TPSA) is 23.8 Å². The molecule has 104 valence electrons. The number of aryl methyl sites for hydroxylation is 1. The van der Waals surface area contributed by atoms with Gasteiger partial charge in [0.15, 0.2) is 0 Å². The number of hydrogen-bond donors (Lipinski definition) is 0. The van der Waals surface area contributed by atoms with Crippen molar-refractivity contribution in [2.75, 3.05) is 0 Å². The Bertz CT molecular complexity index is 712. The fourth-order valence-electron chi connectivity index (χ4n) is 1.96. The van der Waals surface area contributed by atoms with Crippen molar-refractivity contribution in [3.8, 4) is 17.9 Å². The molecule has 0 N–H and O–H groups in total. The molecule has 0 saturated carbocycles. The van der Waals surface area contributed by atoms with E-state index in [-0.39, 0.29) is 5.82 Å². The van der Waals surface area contributed by atoms with Crippen LogP contribution >= 0.6 is 0 Å². The van der Waals surface area contributed by atoms with Crippen molar-refractivity contribution < 1.29 is 4.39 Å². The van der Waals surface area contributed by atoms with Crippen LogP contribution in [-0.2, 0) is 6.42 Å². The number of halogens is 1. The Morgan fingerprint density at radius 3 is 2.33 bits per heavy atom. The molecular formula is C19H16FN. The van der Waals surface area contributed by atoms with E-state index in [0.29, 0.717) is 11.1 Å². The summed E-state index contributed by atoms with van der Waals surface area (Å²) in [7, 11) is 0. The molecule has 0 saturated heterocycles. The maximum absolute atomic E-state index is 14.0. The van der Waals surface area contributed by atoms with Gasteiger partial charge < -0.3 is 0 Å². The normalized spacial score (nSPS) is 9.57. The van der Waals surface area contributed by atoms with Crippen molar-refractivity contribution in [2.45, 2.75) is 26.2 Å². The molecule has 2 aromatic rings. The molecule has 0 spiro atoms. The van der Waals surface area contributed by atoms with Gasteiger partial charge in [0.1, 0.15) is 5.82 Å². The zero-order valence-corrected chi connectivity index (χ0v) is 12.0. The van der Waals surface area contributed by atoms with Crippen LogP contribution in [0.25, 0.3) is 0 Å². The SMILES string of the molecule is CCCCc1ccc(C#Cc2ccc(C#N)cc2)c(F)c1. The van der Waals surface area contributed by atoms with Crippen LogP contribution in [0.5, 0.6) is 0 Å². The summed E-state index contributed by atoms with van der Waals surface area (Å²) >= 11 is 0. The summed E-state index contributed by atoms with van der Waals surface area (Å²) in [6.07, 6.45) is 3.06. The maximum atomic E-state index is 14.0. The molecular weight excluding hydrogens is 261 g/mol. The molecule has 0 radical (unpaired) electrons. The number of hydrogen-bond acceptors (Lipinski definition) is 1. The zero-order chi connectivity index (χ0) is 15.1. The van der Waals surface area contributed by atoms with Gasteiger partial charge in [-0.2, -0.15) is 5.26 Å². The van der Waals surface area contributed by atoms with Crippen LogP contribution in [0.1, 0.15) is 42.0 Å². The van der Waals surface area contributed by atoms with E-state index in [1.165, 1.54) is 0 Å². The number of nitrogens with zero attached hydrogens (tertiary/aromatic N) is 1. The number of benzene rings is 2. The molecule has 0 bridgehead atoms. The van der Waals surface area contributed by atoms with E-state index in [2.05, 4.69) is 24.8 Å². The fourth-order valence-corrected chi connectivity index (χ4v) is 1.96. The molecule has 0 unspecified atom stereocenters. The second kappa shape index (κ2) is 7.27. The van der Waals surface area contributed by atoms with Gasteiger partial charge in [-0.15, -0.1) is 0 Å². The van der Waals surface area contributed by atoms with E-state index in [0.717, 1.165) is 30.4 Å². The summed E-state index contributed by atoms with van der Waals surface area (Å²) in [5.41, 5.74) is 2.77. The molecule has 2 heteroatoms. The minimum atomic E-state index is -0.273. The average Bonchev–Trinajstić information content (AvgIpc) is 2.52. The monoisotopic (exact) mass is 277 g/mol. The Morgan fingerprint density at radius 2 is 1.71 bits per heavy atom. The Labute approximate surface area is 125 Å². The first-order valence-electron chi connectivity index (χ1n) is 7.03. The fraction of sp³-hybridized carbons (Fsp3) is 0.211. The highest BCUT2D eigenvalue weighted by Crippen LogP contribution is 2.12. The minimum Gasteiger partial charge on any atom is -0.206 e. The Hall–Kier alpha value is -2.58. The second-order valence-electron chi connectivity index (χ2n) is 4.86. The number of nitriles is 1. The molecule has 2 rings (SSSR count). The van der Waals surface area contributed by atoms with Gasteiger partial charge in [0.05, 0.1) is 17.2 Å².